The van der Waals surface area contributed by atoms with Gasteiger partial charge in [-0.05, 0) is 11.4 Å². The Kier molecular flexibility index (Phi) is 2.68. The number of halogens is 1. The van der Waals surface area contributed by atoms with Crippen LogP contribution < -0.4 is 5.73 Å². The molecule has 0 aromatic carbocycles. The Balaban J connectivity index is 2.82. The maximum Gasteiger partial charge on any atom is 0.102 e. The van der Waals surface area contributed by atoms with Crippen molar-refractivity contribution in [2.24, 2.45) is 5.73 Å². The molecular weight excluding hydrogens is 170 g/mol. The summed E-state index contributed by atoms with van der Waals surface area (Å²) in [5, 5.41) is 11.6. The Morgan fingerprint density at radius 3 is 2.90 bits per heavy atom. The number of hydrogen-bond acceptors (Lipinski definition) is 3. The number of nitrogens with two attached hydrogens (primary N) is 1. The molecule has 0 amide bonds. The van der Waals surface area contributed by atoms with Crippen LogP contribution in [0.5, 0.6) is 0 Å². The van der Waals surface area contributed by atoms with Crippen molar-refractivity contribution in [1.29, 1.82) is 0 Å². The molecule has 2 nitrogen and oxygen atoms in total. The normalized spacial score (nSPS) is 13.5. The molecule has 0 fully saturated rings. The van der Waals surface area contributed by atoms with E-state index in [1.807, 2.05) is 5.38 Å². The SMILES string of the molecule is NC[C@H](O)c1sccc1Cl. The minimum atomic E-state index is -0.604. The summed E-state index contributed by atoms with van der Waals surface area (Å²) in [6.07, 6.45) is -0.604. The van der Waals surface area contributed by atoms with E-state index in [1.54, 1.807) is 6.07 Å². The van der Waals surface area contributed by atoms with Crippen LogP contribution in [-0.2, 0) is 0 Å². The molecule has 4 heteroatoms. The molecule has 0 saturated carbocycles. The second kappa shape index (κ2) is 3.34. The van der Waals surface area contributed by atoms with Gasteiger partial charge in [0.2, 0.25) is 0 Å². The van der Waals surface area contributed by atoms with Gasteiger partial charge in [-0.15, -0.1) is 11.3 Å². The van der Waals surface area contributed by atoms with Gasteiger partial charge in [-0.25, -0.2) is 0 Å². The number of thiophene rings is 1. The number of aliphatic hydroxyl groups is 1. The molecular formula is C6H8ClNOS. The van der Waals surface area contributed by atoms with Crippen molar-refractivity contribution in [2.45, 2.75) is 6.10 Å². The van der Waals surface area contributed by atoms with E-state index in [1.165, 1.54) is 11.3 Å². The predicted molar refractivity (Wildman–Crippen MR) is 43.3 cm³/mol. The van der Waals surface area contributed by atoms with Crippen LogP contribution in [0.4, 0.5) is 0 Å². The van der Waals surface area contributed by atoms with Gasteiger partial charge in [-0.3, -0.25) is 0 Å². The first-order valence-electron chi connectivity index (χ1n) is 2.86. The van der Waals surface area contributed by atoms with Gasteiger partial charge in [0.1, 0.15) is 6.10 Å². The molecule has 56 valence electrons. The molecule has 0 aliphatic carbocycles. The first kappa shape index (κ1) is 8.01. The highest BCUT2D eigenvalue weighted by Gasteiger charge is 2.09. The van der Waals surface area contributed by atoms with Gasteiger partial charge in [0.05, 0.1) is 9.90 Å². The van der Waals surface area contributed by atoms with Crippen LogP contribution in [0.1, 0.15) is 11.0 Å². The van der Waals surface area contributed by atoms with E-state index < -0.39 is 6.10 Å². The second-order valence-electron chi connectivity index (χ2n) is 1.88. The first-order valence-corrected chi connectivity index (χ1v) is 4.12. The molecule has 3 N–H and O–H groups in total. The zero-order valence-corrected chi connectivity index (χ0v) is 6.82. The van der Waals surface area contributed by atoms with E-state index in [2.05, 4.69) is 0 Å². The van der Waals surface area contributed by atoms with Crippen molar-refractivity contribution in [3.05, 3.63) is 21.3 Å². The Labute approximate surface area is 68.2 Å². The summed E-state index contributed by atoms with van der Waals surface area (Å²) < 4.78 is 0. The molecule has 0 bridgehead atoms. The van der Waals surface area contributed by atoms with Crippen molar-refractivity contribution >= 4 is 22.9 Å². The van der Waals surface area contributed by atoms with Gasteiger partial charge >= 0.3 is 0 Å². The van der Waals surface area contributed by atoms with Gasteiger partial charge in [0.25, 0.3) is 0 Å². The van der Waals surface area contributed by atoms with E-state index in [9.17, 15) is 5.11 Å². The molecule has 1 heterocycles. The molecule has 1 rings (SSSR count). The maximum atomic E-state index is 9.20. The molecule has 0 aliphatic rings. The van der Waals surface area contributed by atoms with Crippen molar-refractivity contribution < 1.29 is 5.11 Å². The first-order chi connectivity index (χ1) is 4.75. The van der Waals surface area contributed by atoms with Crippen LogP contribution in [0.3, 0.4) is 0 Å². The third-order valence-electron chi connectivity index (χ3n) is 1.17. The molecule has 0 spiro atoms. The Morgan fingerprint density at radius 2 is 2.50 bits per heavy atom. The van der Waals surface area contributed by atoms with Crippen molar-refractivity contribution in [3.8, 4) is 0 Å². The van der Waals surface area contributed by atoms with Gasteiger partial charge < -0.3 is 10.8 Å². The van der Waals surface area contributed by atoms with Crippen LogP contribution >= 0.6 is 22.9 Å². The van der Waals surface area contributed by atoms with Crippen LogP contribution in [0, 0.1) is 0 Å². The molecule has 1 aromatic rings. The van der Waals surface area contributed by atoms with E-state index >= 15 is 0 Å². The van der Waals surface area contributed by atoms with Crippen molar-refractivity contribution in [1.82, 2.24) is 0 Å². The van der Waals surface area contributed by atoms with E-state index in [0.29, 0.717) is 5.02 Å². The number of rotatable bonds is 2. The highest BCUT2D eigenvalue weighted by Crippen LogP contribution is 2.27. The lowest BCUT2D eigenvalue weighted by Gasteiger charge is -2.03. The minimum Gasteiger partial charge on any atom is -0.386 e. The van der Waals surface area contributed by atoms with Crippen molar-refractivity contribution in [3.63, 3.8) is 0 Å². The fraction of sp³-hybridized carbons (Fsp3) is 0.333. The van der Waals surface area contributed by atoms with Crippen LogP contribution in [0.25, 0.3) is 0 Å². The van der Waals surface area contributed by atoms with Crippen LogP contribution in [-0.4, -0.2) is 11.7 Å². The summed E-state index contributed by atoms with van der Waals surface area (Å²) in [7, 11) is 0. The largest absolute Gasteiger partial charge is 0.386 e. The minimum absolute atomic E-state index is 0.222. The molecule has 1 atom stereocenters. The van der Waals surface area contributed by atoms with E-state index in [0.717, 1.165) is 4.88 Å². The summed E-state index contributed by atoms with van der Waals surface area (Å²) in [6, 6.07) is 1.75. The fourth-order valence-electron chi connectivity index (χ4n) is 0.650. The Bertz CT molecular complexity index is 213. The third kappa shape index (κ3) is 1.49. The molecule has 1 aromatic heterocycles. The molecule has 0 saturated heterocycles. The molecule has 10 heavy (non-hydrogen) atoms. The summed E-state index contributed by atoms with van der Waals surface area (Å²) in [6.45, 7) is 0.222. The monoisotopic (exact) mass is 177 g/mol. The van der Waals surface area contributed by atoms with Gasteiger partial charge in [-0.2, -0.15) is 0 Å². The van der Waals surface area contributed by atoms with E-state index in [4.69, 9.17) is 17.3 Å². The average Bonchev–Trinajstić information content (AvgIpc) is 2.34. The zero-order valence-electron chi connectivity index (χ0n) is 5.25. The zero-order chi connectivity index (χ0) is 7.56. The summed E-state index contributed by atoms with van der Waals surface area (Å²) in [5.74, 6) is 0. The predicted octanol–water partition coefficient (Wildman–Crippen LogP) is 1.39. The lowest BCUT2D eigenvalue weighted by Crippen LogP contribution is -2.10. The van der Waals surface area contributed by atoms with Crippen LogP contribution in [0.2, 0.25) is 5.02 Å². The van der Waals surface area contributed by atoms with Gasteiger partial charge in [0, 0.05) is 6.54 Å². The number of aliphatic hydroxyl groups excluding tert-OH is 1. The van der Waals surface area contributed by atoms with Gasteiger partial charge in [-0.1, -0.05) is 11.6 Å². The molecule has 0 aliphatic heterocycles. The van der Waals surface area contributed by atoms with Gasteiger partial charge in [0.15, 0.2) is 0 Å². The highest BCUT2D eigenvalue weighted by molar-refractivity contribution is 7.10. The summed E-state index contributed by atoms with van der Waals surface area (Å²) in [5.41, 5.74) is 5.23. The molecule has 0 unspecified atom stereocenters. The summed E-state index contributed by atoms with van der Waals surface area (Å²) in [4.78, 5) is 0.754. The Hall–Kier alpha value is -0.0900. The third-order valence-corrected chi connectivity index (χ3v) is 2.63. The second-order valence-corrected chi connectivity index (χ2v) is 3.24. The van der Waals surface area contributed by atoms with E-state index in [-0.39, 0.29) is 6.54 Å². The topological polar surface area (TPSA) is 46.2 Å². The average molecular weight is 178 g/mol. The molecule has 0 radical (unpaired) electrons. The quantitative estimate of drug-likeness (QED) is 0.718. The lowest BCUT2D eigenvalue weighted by atomic mass is 10.3. The highest BCUT2D eigenvalue weighted by atomic mass is 35.5. The number of hydrogen-bond donors (Lipinski definition) is 2. The lowest BCUT2D eigenvalue weighted by molar-refractivity contribution is 0.190. The maximum absolute atomic E-state index is 9.20. The van der Waals surface area contributed by atoms with Crippen LogP contribution in [0.15, 0.2) is 11.4 Å². The smallest absolute Gasteiger partial charge is 0.102 e. The Morgan fingerprint density at radius 1 is 1.80 bits per heavy atom. The standard InChI is InChI=1S/C6H8ClNOS/c7-4-1-2-10-6(4)5(9)3-8/h1-2,5,9H,3,8H2/t5-/m0/s1. The fourth-order valence-corrected chi connectivity index (χ4v) is 1.83. The summed E-state index contributed by atoms with van der Waals surface area (Å²) >= 11 is 7.13. The van der Waals surface area contributed by atoms with Crippen molar-refractivity contribution in [2.75, 3.05) is 6.54 Å².